The Labute approximate surface area is 199 Å². The van der Waals surface area contributed by atoms with E-state index in [1.165, 1.54) is 21.3 Å². The van der Waals surface area contributed by atoms with Crippen LogP contribution in [0, 0.1) is 0 Å². The second-order valence-corrected chi connectivity index (χ2v) is 9.07. The molecule has 0 saturated carbocycles. The summed E-state index contributed by atoms with van der Waals surface area (Å²) >= 11 is 0. The van der Waals surface area contributed by atoms with Crippen molar-refractivity contribution in [3.63, 3.8) is 0 Å². The second-order valence-electron chi connectivity index (χ2n) is 9.07. The third-order valence-corrected chi connectivity index (χ3v) is 6.39. The first-order valence-corrected chi connectivity index (χ1v) is 11.6. The van der Waals surface area contributed by atoms with Crippen LogP contribution in [0.25, 0.3) is 0 Å². The number of nitrogens with one attached hydrogen (secondary N) is 1. The van der Waals surface area contributed by atoms with Crippen molar-refractivity contribution in [3.05, 3.63) is 83.7 Å². The average Bonchev–Trinajstić information content (AvgIpc) is 3.52. The van der Waals surface area contributed by atoms with Gasteiger partial charge in [-0.25, -0.2) is 9.07 Å². The predicted octanol–water partition coefficient (Wildman–Crippen LogP) is 3.81. The second kappa shape index (κ2) is 10.2. The molecule has 1 aliphatic heterocycles. The lowest BCUT2D eigenvalue weighted by Gasteiger charge is -2.28. The van der Waals surface area contributed by atoms with E-state index in [4.69, 9.17) is 0 Å². The van der Waals surface area contributed by atoms with Crippen LogP contribution >= 0.6 is 0 Å². The average molecular weight is 464 g/mol. The molecule has 1 N–H and O–H groups in total. The zero-order chi connectivity index (χ0) is 24.2. The third kappa shape index (κ3) is 5.00. The minimum atomic E-state index is -1.26. The predicted molar refractivity (Wildman–Crippen MR) is 127 cm³/mol. The topological polar surface area (TPSA) is 80.1 Å². The molecule has 0 aliphatic carbocycles. The molecule has 1 aromatic heterocycles. The van der Waals surface area contributed by atoms with Crippen molar-refractivity contribution in [2.75, 3.05) is 6.54 Å². The van der Waals surface area contributed by atoms with Crippen LogP contribution in [0.5, 0.6) is 0 Å². The quantitative estimate of drug-likeness (QED) is 0.578. The summed E-state index contributed by atoms with van der Waals surface area (Å²) in [5, 5.41) is 10.7. The molecule has 7 nitrogen and oxygen atoms in total. The summed E-state index contributed by atoms with van der Waals surface area (Å²) < 4.78 is 15.9. The first kappa shape index (κ1) is 23.6. The minimum Gasteiger partial charge on any atom is -0.343 e. The van der Waals surface area contributed by atoms with E-state index < -0.39 is 24.3 Å². The molecule has 1 fully saturated rings. The van der Waals surface area contributed by atoms with Crippen molar-refractivity contribution in [2.24, 2.45) is 0 Å². The highest BCUT2D eigenvalue weighted by Crippen LogP contribution is 2.28. The maximum Gasteiger partial charge on any atom is 0.247 e. The van der Waals surface area contributed by atoms with Crippen LogP contribution in [0.3, 0.4) is 0 Å². The number of aromatic nitrogens is 3. The van der Waals surface area contributed by atoms with Crippen LogP contribution in [-0.2, 0) is 9.59 Å². The molecule has 4 atom stereocenters. The van der Waals surface area contributed by atoms with Crippen LogP contribution in [0.1, 0.15) is 61.9 Å². The van der Waals surface area contributed by atoms with E-state index in [2.05, 4.69) is 41.6 Å². The molecule has 3 aromatic rings. The molecule has 1 unspecified atom stereocenters. The molecule has 8 heteroatoms. The van der Waals surface area contributed by atoms with Crippen molar-refractivity contribution in [2.45, 2.75) is 57.4 Å². The van der Waals surface area contributed by atoms with Gasteiger partial charge in [0.05, 0.1) is 18.8 Å². The van der Waals surface area contributed by atoms with E-state index in [0.717, 1.165) is 11.1 Å². The highest BCUT2D eigenvalue weighted by Gasteiger charge is 2.42. The van der Waals surface area contributed by atoms with E-state index in [9.17, 15) is 14.0 Å². The lowest BCUT2D eigenvalue weighted by Crippen LogP contribution is -2.48. The first-order valence-electron chi connectivity index (χ1n) is 11.6. The van der Waals surface area contributed by atoms with Crippen LogP contribution < -0.4 is 5.32 Å². The summed E-state index contributed by atoms with van der Waals surface area (Å²) in [7, 11) is 0. The summed E-state index contributed by atoms with van der Waals surface area (Å²) in [6.45, 7) is 5.81. The summed E-state index contributed by atoms with van der Waals surface area (Å²) in [5.74, 6) is -0.338. The van der Waals surface area contributed by atoms with Crippen molar-refractivity contribution in [3.8, 4) is 0 Å². The minimum absolute atomic E-state index is 0.0323. The standard InChI is InChI=1S/C26H30FN5O2/c1-17(2)19-9-11-21(12-10-19)24(20-7-5-4-6-8-20)29-25(33)23-15-22(27)16-31(23)26(34)18(3)32-14-13-28-30-32/h4-14,17-18,22-24H,15-16H2,1-3H3,(H,29,33)/t18?,22-,23+,24+/m1/s1. The Balaban J connectivity index is 1.58. The number of hydrogen-bond acceptors (Lipinski definition) is 4. The molecule has 34 heavy (non-hydrogen) atoms. The number of hydrogen-bond donors (Lipinski definition) is 1. The van der Waals surface area contributed by atoms with Gasteiger partial charge in [-0.1, -0.05) is 73.7 Å². The fourth-order valence-electron chi connectivity index (χ4n) is 4.37. The normalized spacial score (nSPS) is 19.7. The number of alkyl halides is 1. The SMILES string of the molecule is CC(C)c1ccc([C@@H](NC(=O)[C@@H]2C[C@@H](F)CN2C(=O)C(C)n2ccnn2)c2ccccc2)cc1. The zero-order valence-corrected chi connectivity index (χ0v) is 19.6. The van der Waals surface area contributed by atoms with Gasteiger partial charge >= 0.3 is 0 Å². The Morgan fingerprint density at radius 3 is 2.26 bits per heavy atom. The molecule has 0 bridgehead atoms. The van der Waals surface area contributed by atoms with Gasteiger partial charge in [-0.05, 0) is 29.5 Å². The summed E-state index contributed by atoms with van der Waals surface area (Å²) in [6, 6.07) is 15.8. The number of carbonyl (C=O) groups excluding carboxylic acids is 2. The zero-order valence-electron chi connectivity index (χ0n) is 19.6. The number of carbonyl (C=O) groups is 2. The number of rotatable bonds is 7. The summed E-state index contributed by atoms with van der Waals surface area (Å²) in [6.07, 6.45) is 1.76. The van der Waals surface area contributed by atoms with Gasteiger partial charge in [0.2, 0.25) is 11.8 Å². The highest BCUT2D eigenvalue weighted by atomic mass is 19.1. The Bertz CT molecular complexity index is 1100. The van der Waals surface area contributed by atoms with Crippen molar-refractivity contribution < 1.29 is 14.0 Å². The Morgan fingerprint density at radius 1 is 1.00 bits per heavy atom. The first-order chi connectivity index (χ1) is 16.3. The number of halogens is 1. The van der Waals surface area contributed by atoms with Gasteiger partial charge in [0.15, 0.2) is 0 Å². The van der Waals surface area contributed by atoms with E-state index in [1.54, 1.807) is 13.1 Å². The summed E-state index contributed by atoms with van der Waals surface area (Å²) in [4.78, 5) is 27.9. The Hall–Kier alpha value is -3.55. The lowest BCUT2D eigenvalue weighted by atomic mass is 9.95. The third-order valence-electron chi connectivity index (χ3n) is 6.39. The molecule has 0 spiro atoms. The molecule has 1 aliphatic rings. The van der Waals surface area contributed by atoms with Crippen LogP contribution in [0.4, 0.5) is 4.39 Å². The molecule has 178 valence electrons. The van der Waals surface area contributed by atoms with Gasteiger partial charge in [-0.3, -0.25) is 9.59 Å². The van der Waals surface area contributed by atoms with Gasteiger partial charge in [0.25, 0.3) is 0 Å². The van der Waals surface area contributed by atoms with Gasteiger partial charge in [-0.15, -0.1) is 5.10 Å². The Morgan fingerprint density at radius 2 is 1.65 bits per heavy atom. The molecule has 4 rings (SSSR count). The molecule has 1 saturated heterocycles. The number of benzene rings is 2. The molecular weight excluding hydrogens is 433 g/mol. The fraction of sp³-hybridized carbons (Fsp3) is 0.385. The van der Waals surface area contributed by atoms with E-state index in [-0.39, 0.29) is 24.8 Å². The lowest BCUT2D eigenvalue weighted by molar-refractivity contribution is -0.141. The monoisotopic (exact) mass is 463 g/mol. The van der Waals surface area contributed by atoms with Crippen LogP contribution in [0.2, 0.25) is 0 Å². The van der Waals surface area contributed by atoms with Gasteiger partial charge in [0.1, 0.15) is 18.3 Å². The smallest absolute Gasteiger partial charge is 0.247 e. The van der Waals surface area contributed by atoms with Gasteiger partial charge in [-0.2, -0.15) is 0 Å². The molecule has 2 amide bonds. The van der Waals surface area contributed by atoms with Gasteiger partial charge < -0.3 is 10.2 Å². The van der Waals surface area contributed by atoms with Crippen molar-refractivity contribution in [1.29, 1.82) is 0 Å². The molecular formula is C26H30FN5O2. The number of nitrogens with zero attached hydrogens (tertiary/aromatic N) is 4. The van der Waals surface area contributed by atoms with Crippen molar-refractivity contribution in [1.82, 2.24) is 25.2 Å². The van der Waals surface area contributed by atoms with E-state index in [0.29, 0.717) is 5.92 Å². The van der Waals surface area contributed by atoms with Crippen LogP contribution in [-0.4, -0.2) is 50.5 Å². The van der Waals surface area contributed by atoms with Gasteiger partial charge in [0, 0.05) is 12.6 Å². The van der Waals surface area contributed by atoms with E-state index >= 15 is 0 Å². The highest BCUT2D eigenvalue weighted by molar-refractivity contribution is 5.90. The number of likely N-dealkylation sites (tertiary alicyclic amines) is 1. The molecule has 2 heterocycles. The Kier molecular flexibility index (Phi) is 7.05. The number of amides is 2. The van der Waals surface area contributed by atoms with Crippen LogP contribution in [0.15, 0.2) is 67.0 Å². The maximum absolute atomic E-state index is 14.4. The molecule has 0 radical (unpaired) electrons. The maximum atomic E-state index is 14.4. The van der Waals surface area contributed by atoms with E-state index in [1.807, 2.05) is 42.5 Å². The molecule has 2 aromatic carbocycles. The largest absolute Gasteiger partial charge is 0.343 e. The summed E-state index contributed by atoms with van der Waals surface area (Å²) in [5.41, 5.74) is 3.04. The van der Waals surface area contributed by atoms with Crippen molar-refractivity contribution >= 4 is 11.8 Å². The fourth-order valence-corrected chi connectivity index (χ4v) is 4.37.